The molecule has 0 bridgehead atoms. The van der Waals surface area contributed by atoms with E-state index in [-0.39, 0.29) is 18.6 Å². The summed E-state index contributed by atoms with van der Waals surface area (Å²) >= 11 is 0. The molecule has 130 valence electrons. The fourth-order valence-electron chi connectivity index (χ4n) is 4.11. The average Bonchev–Trinajstić information content (AvgIpc) is 3.01. The summed E-state index contributed by atoms with van der Waals surface area (Å²) in [6.07, 6.45) is 0.159. The van der Waals surface area contributed by atoms with Crippen molar-refractivity contribution < 1.29 is 14.6 Å². The molecule has 2 aliphatic heterocycles. The van der Waals surface area contributed by atoms with E-state index in [1.54, 1.807) is 17.6 Å². The average molecular weight is 347 g/mol. The maximum absolute atomic E-state index is 13.0. The number of aromatic nitrogens is 1. The summed E-state index contributed by atoms with van der Waals surface area (Å²) in [5, 5.41) is 13.1. The fourth-order valence-corrected chi connectivity index (χ4v) is 4.11. The van der Waals surface area contributed by atoms with Crippen LogP contribution in [0.3, 0.4) is 0 Å². The second-order valence-corrected chi connectivity index (χ2v) is 6.96. The van der Waals surface area contributed by atoms with Gasteiger partial charge in [0.1, 0.15) is 6.61 Å². The van der Waals surface area contributed by atoms with Crippen molar-refractivity contribution in [3.05, 3.63) is 69.5 Å². The van der Waals surface area contributed by atoms with E-state index in [4.69, 9.17) is 4.74 Å². The van der Waals surface area contributed by atoms with Crippen LogP contribution < -0.4 is 5.56 Å². The van der Waals surface area contributed by atoms with Crippen molar-refractivity contribution in [2.45, 2.75) is 32.1 Å². The number of nitrogens with zero attached hydrogens (tertiary/aromatic N) is 1. The van der Waals surface area contributed by atoms with Crippen LogP contribution in [0.4, 0.5) is 0 Å². The molecule has 1 aromatic heterocycles. The molecule has 3 heterocycles. The SMILES string of the molecule is CC[C@@]1(O)C(=O)OCc2c1cc1n(c2=O)Cc2cc3ccccc3cc2-1. The molecule has 5 nitrogen and oxygen atoms in total. The molecule has 5 heteroatoms. The predicted octanol–water partition coefficient (Wildman–Crippen LogP) is 2.68. The summed E-state index contributed by atoms with van der Waals surface area (Å²) in [4.78, 5) is 25.2. The second-order valence-electron chi connectivity index (χ2n) is 6.96. The Morgan fingerprint density at radius 1 is 1.15 bits per heavy atom. The summed E-state index contributed by atoms with van der Waals surface area (Å²) in [6, 6.07) is 14.0. The van der Waals surface area contributed by atoms with E-state index >= 15 is 0 Å². The number of cyclic esters (lactones) is 1. The molecular weight excluding hydrogens is 330 g/mol. The van der Waals surface area contributed by atoms with Crippen LogP contribution in [0.2, 0.25) is 0 Å². The lowest BCUT2D eigenvalue weighted by Crippen LogP contribution is -2.44. The summed E-state index contributed by atoms with van der Waals surface area (Å²) in [5.74, 6) is -0.686. The topological polar surface area (TPSA) is 68.5 Å². The fraction of sp³-hybridized carbons (Fsp3) is 0.238. The lowest BCUT2D eigenvalue weighted by Gasteiger charge is -2.31. The first-order chi connectivity index (χ1) is 12.5. The van der Waals surface area contributed by atoms with Gasteiger partial charge in [0, 0.05) is 11.1 Å². The number of esters is 1. The minimum absolute atomic E-state index is 0.0894. The number of pyridine rings is 1. The van der Waals surface area contributed by atoms with Crippen LogP contribution in [0, 0.1) is 0 Å². The van der Waals surface area contributed by atoms with Gasteiger partial charge in [-0.25, -0.2) is 4.79 Å². The highest BCUT2D eigenvalue weighted by molar-refractivity contribution is 5.90. The third-order valence-electron chi connectivity index (χ3n) is 5.62. The Labute approximate surface area is 149 Å². The quantitative estimate of drug-likeness (QED) is 0.538. The first-order valence-corrected chi connectivity index (χ1v) is 8.72. The van der Waals surface area contributed by atoms with Gasteiger partial charge in [0.15, 0.2) is 5.60 Å². The summed E-state index contributed by atoms with van der Waals surface area (Å²) in [6.45, 7) is 2.11. The molecule has 1 N–H and O–H groups in total. The predicted molar refractivity (Wildman–Crippen MR) is 96.7 cm³/mol. The summed E-state index contributed by atoms with van der Waals surface area (Å²) in [5.41, 5.74) is 1.58. The van der Waals surface area contributed by atoms with Gasteiger partial charge in [-0.15, -0.1) is 0 Å². The van der Waals surface area contributed by atoms with Gasteiger partial charge in [-0.1, -0.05) is 31.2 Å². The van der Waals surface area contributed by atoms with Crippen molar-refractivity contribution in [3.63, 3.8) is 0 Å². The Morgan fingerprint density at radius 3 is 2.62 bits per heavy atom. The van der Waals surface area contributed by atoms with Crippen molar-refractivity contribution in [3.8, 4) is 11.3 Å². The van der Waals surface area contributed by atoms with E-state index in [2.05, 4.69) is 18.2 Å². The molecule has 0 spiro atoms. The first kappa shape index (κ1) is 15.3. The second kappa shape index (κ2) is 5.05. The monoisotopic (exact) mass is 347 g/mol. The van der Waals surface area contributed by atoms with Gasteiger partial charge in [-0.05, 0) is 41.0 Å². The molecule has 0 fully saturated rings. The Bertz CT molecular complexity index is 1160. The third-order valence-corrected chi connectivity index (χ3v) is 5.62. The number of hydrogen-bond acceptors (Lipinski definition) is 4. The molecule has 0 saturated carbocycles. The number of benzene rings is 2. The Balaban J connectivity index is 1.81. The molecule has 5 rings (SSSR count). The zero-order valence-corrected chi connectivity index (χ0v) is 14.3. The van der Waals surface area contributed by atoms with Crippen LogP contribution in [-0.2, 0) is 28.3 Å². The molecule has 26 heavy (non-hydrogen) atoms. The molecule has 0 amide bonds. The van der Waals surface area contributed by atoms with Crippen LogP contribution in [-0.4, -0.2) is 15.6 Å². The van der Waals surface area contributed by atoms with E-state index in [1.165, 1.54) is 0 Å². The minimum atomic E-state index is -1.76. The maximum atomic E-state index is 13.0. The molecular formula is C21H17NO4. The zero-order chi connectivity index (χ0) is 18.1. The van der Waals surface area contributed by atoms with E-state index in [0.29, 0.717) is 17.7 Å². The van der Waals surface area contributed by atoms with Crippen LogP contribution in [0.1, 0.15) is 30.0 Å². The van der Waals surface area contributed by atoms with E-state index in [1.807, 2.05) is 18.2 Å². The van der Waals surface area contributed by atoms with Gasteiger partial charge in [-0.3, -0.25) is 4.79 Å². The highest BCUT2D eigenvalue weighted by atomic mass is 16.6. The molecule has 0 unspecified atom stereocenters. The van der Waals surface area contributed by atoms with E-state index < -0.39 is 11.6 Å². The van der Waals surface area contributed by atoms with Crippen molar-refractivity contribution in [1.29, 1.82) is 0 Å². The van der Waals surface area contributed by atoms with Gasteiger partial charge >= 0.3 is 5.97 Å². The molecule has 2 aromatic carbocycles. The van der Waals surface area contributed by atoms with Gasteiger partial charge < -0.3 is 14.4 Å². The lowest BCUT2D eigenvalue weighted by atomic mass is 9.85. The van der Waals surface area contributed by atoms with Crippen molar-refractivity contribution in [1.82, 2.24) is 4.57 Å². The van der Waals surface area contributed by atoms with Crippen LogP contribution in [0.5, 0.6) is 0 Å². The van der Waals surface area contributed by atoms with Crippen molar-refractivity contribution in [2.24, 2.45) is 0 Å². The maximum Gasteiger partial charge on any atom is 0.343 e. The molecule has 0 radical (unpaired) electrons. The van der Waals surface area contributed by atoms with Crippen LogP contribution in [0.25, 0.3) is 22.0 Å². The Hall–Kier alpha value is -2.92. The highest BCUT2D eigenvalue weighted by Crippen LogP contribution is 2.39. The molecule has 0 aliphatic carbocycles. The zero-order valence-electron chi connectivity index (χ0n) is 14.3. The van der Waals surface area contributed by atoms with Crippen LogP contribution >= 0.6 is 0 Å². The number of rotatable bonds is 1. The summed E-state index contributed by atoms with van der Waals surface area (Å²) in [7, 11) is 0. The van der Waals surface area contributed by atoms with E-state index in [9.17, 15) is 14.7 Å². The Kier molecular flexibility index (Phi) is 2.98. The number of ether oxygens (including phenoxy) is 1. The van der Waals surface area contributed by atoms with Gasteiger partial charge in [-0.2, -0.15) is 0 Å². The van der Waals surface area contributed by atoms with Crippen molar-refractivity contribution in [2.75, 3.05) is 0 Å². The first-order valence-electron chi connectivity index (χ1n) is 8.72. The summed E-state index contributed by atoms with van der Waals surface area (Å²) < 4.78 is 6.80. The standard InChI is InChI=1S/C21H17NO4/c1-2-21(25)17-9-18-15-8-13-6-4-3-5-12(13)7-14(15)10-22(18)19(23)16(17)11-26-20(21)24/h3-9,25H,2,10-11H2,1H3/t21-/m0/s1. The molecule has 0 saturated heterocycles. The van der Waals surface area contributed by atoms with Gasteiger partial charge in [0.05, 0.1) is 17.8 Å². The third kappa shape index (κ3) is 1.83. The van der Waals surface area contributed by atoms with Gasteiger partial charge in [0.2, 0.25) is 0 Å². The highest BCUT2D eigenvalue weighted by Gasteiger charge is 2.45. The number of carbonyl (C=O) groups is 1. The van der Waals surface area contributed by atoms with E-state index in [0.717, 1.165) is 27.6 Å². The number of fused-ring (bicyclic) bond motifs is 5. The Morgan fingerprint density at radius 2 is 1.88 bits per heavy atom. The molecule has 2 aliphatic rings. The van der Waals surface area contributed by atoms with Crippen LogP contribution in [0.15, 0.2) is 47.3 Å². The smallest absolute Gasteiger partial charge is 0.343 e. The molecule has 1 atom stereocenters. The van der Waals surface area contributed by atoms with Gasteiger partial charge in [0.25, 0.3) is 5.56 Å². The minimum Gasteiger partial charge on any atom is -0.458 e. The normalized spacial score (nSPS) is 20.5. The largest absolute Gasteiger partial charge is 0.458 e. The lowest BCUT2D eigenvalue weighted by molar-refractivity contribution is -0.172. The number of hydrogen-bond donors (Lipinski definition) is 1. The number of aliphatic hydroxyl groups is 1. The number of carbonyl (C=O) groups excluding carboxylic acids is 1. The van der Waals surface area contributed by atoms with Crippen molar-refractivity contribution >= 4 is 16.7 Å². The molecule has 3 aromatic rings.